The number of carbonyl (C=O) groups excluding carboxylic acids is 1. The molecule has 148 valence electrons. The van der Waals surface area contributed by atoms with Crippen molar-refractivity contribution < 1.29 is 19.0 Å². The van der Waals surface area contributed by atoms with Gasteiger partial charge in [0.25, 0.3) is 0 Å². The van der Waals surface area contributed by atoms with Crippen LogP contribution in [0.1, 0.15) is 29.1 Å². The topological polar surface area (TPSA) is 82.6 Å². The normalized spacial score (nSPS) is 10.9. The number of fused-ring (bicyclic) bond motifs is 1. The molecule has 2 aromatic heterocycles. The lowest BCUT2D eigenvalue weighted by atomic mass is 10.2. The number of aromatic nitrogens is 2. The zero-order valence-corrected chi connectivity index (χ0v) is 17.3. The number of nitrogens with zero attached hydrogens (tertiary/aromatic N) is 2. The molecule has 0 radical (unpaired) electrons. The van der Waals surface area contributed by atoms with Gasteiger partial charge in [0.15, 0.2) is 11.5 Å². The van der Waals surface area contributed by atoms with Crippen LogP contribution in [-0.4, -0.2) is 36.8 Å². The maximum atomic E-state index is 12.5. The Hall–Kier alpha value is -2.87. The smallest absolute Gasteiger partial charge is 0.348 e. The van der Waals surface area contributed by atoms with Crippen LogP contribution in [0.25, 0.3) is 10.2 Å². The van der Waals surface area contributed by atoms with Gasteiger partial charge in [-0.25, -0.2) is 14.8 Å². The summed E-state index contributed by atoms with van der Waals surface area (Å²) < 4.78 is 16.0. The van der Waals surface area contributed by atoms with Crippen molar-refractivity contribution in [2.24, 2.45) is 5.92 Å². The van der Waals surface area contributed by atoms with Crippen LogP contribution in [0.4, 0.5) is 11.5 Å². The third kappa shape index (κ3) is 4.01. The average Bonchev–Trinajstić information content (AvgIpc) is 3.03. The highest BCUT2D eigenvalue weighted by Gasteiger charge is 2.21. The van der Waals surface area contributed by atoms with Gasteiger partial charge in [0.2, 0.25) is 0 Å². The summed E-state index contributed by atoms with van der Waals surface area (Å²) in [4.78, 5) is 22.4. The van der Waals surface area contributed by atoms with Gasteiger partial charge in [-0.2, -0.15) is 0 Å². The van der Waals surface area contributed by atoms with Crippen LogP contribution in [0.5, 0.6) is 11.5 Å². The predicted molar refractivity (Wildman–Crippen MR) is 110 cm³/mol. The summed E-state index contributed by atoms with van der Waals surface area (Å²) in [6.07, 6.45) is 1.48. The van der Waals surface area contributed by atoms with Gasteiger partial charge in [-0.1, -0.05) is 13.8 Å². The highest BCUT2D eigenvalue weighted by Crippen LogP contribution is 2.36. The number of hydrogen-bond donors (Lipinski definition) is 1. The summed E-state index contributed by atoms with van der Waals surface area (Å²) in [6, 6.07) is 5.51. The van der Waals surface area contributed by atoms with Crippen molar-refractivity contribution in [3.63, 3.8) is 0 Å². The SMILES string of the molecule is COc1ccc(Nc2ncnc3sc(C(=O)OCC(C)C)c(C)c23)cc1OC. The van der Waals surface area contributed by atoms with E-state index in [1.165, 1.54) is 17.7 Å². The number of carbonyl (C=O) groups is 1. The summed E-state index contributed by atoms with van der Waals surface area (Å²) in [5.74, 6) is 1.82. The highest BCUT2D eigenvalue weighted by atomic mass is 32.1. The molecule has 0 atom stereocenters. The van der Waals surface area contributed by atoms with Crippen molar-refractivity contribution in [2.45, 2.75) is 20.8 Å². The van der Waals surface area contributed by atoms with Crippen molar-refractivity contribution in [2.75, 3.05) is 26.1 Å². The molecule has 0 spiro atoms. The Morgan fingerprint density at radius 1 is 1.18 bits per heavy atom. The lowest BCUT2D eigenvalue weighted by Crippen LogP contribution is -2.09. The molecule has 7 nitrogen and oxygen atoms in total. The summed E-state index contributed by atoms with van der Waals surface area (Å²) in [5.41, 5.74) is 1.59. The molecular weight excluding hydrogens is 378 g/mol. The maximum Gasteiger partial charge on any atom is 0.348 e. The van der Waals surface area contributed by atoms with Gasteiger partial charge in [0.05, 0.1) is 26.2 Å². The fourth-order valence-electron chi connectivity index (χ4n) is 2.72. The molecule has 2 heterocycles. The molecule has 28 heavy (non-hydrogen) atoms. The van der Waals surface area contributed by atoms with Crippen LogP contribution in [0.3, 0.4) is 0 Å². The lowest BCUT2D eigenvalue weighted by molar-refractivity contribution is 0.0464. The van der Waals surface area contributed by atoms with Crippen LogP contribution in [0, 0.1) is 12.8 Å². The molecular formula is C20H23N3O4S. The van der Waals surface area contributed by atoms with Gasteiger partial charge in [-0.05, 0) is 30.5 Å². The Balaban J connectivity index is 1.95. The highest BCUT2D eigenvalue weighted by molar-refractivity contribution is 7.20. The molecule has 0 amide bonds. The molecule has 0 bridgehead atoms. The first-order valence-electron chi connectivity index (χ1n) is 8.84. The largest absolute Gasteiger partial charge is 0.493 e. The third-order valence-corrected chi connectivity index (χ3v) is 5.29. The predicted octanol–water partition coefficient (Wildman–Crippen LogP) is 4.57. The van der Waals surface area contributed by atoms with Crippen LogP contribution < -0.4 is 14.8 Å². The van der Waals surface area contributed by atoms with E-state index in [9.17, 15) is 4.79 Å². The number of ether oxygens (including phenoxy) is 3. The second-order valence-electron chi connectivity index (χ2n) is 6.65. The van der Waals surface area contributed by atoms with Gasteiger partial charge in [-0.3, -0.25) is 0 Å². The number of anilines is 2. The van der Waals surface area contributed by atoms with Crippen LogP contribution >= 0.6 is 11.3 Å². The monoisotopic (exact) mass is 401 g/mol. The molecule has 1 N–H and O–H groups in total. The fraction of sp³-hybridized carbons (Fsp3) is 0.350. The molecule has 3 rings (SSSR count). The van der Waals surface area contributed by atoms with Gasteiger partial charge < -0.3 is 19.5 Å². The number of esters is 1. The van der Waals surface area contributed by atoms with Crippen LogP contribution in [0.15, 0.2) is 24.5 Å². The standard InChI is InChI=1S/C20H23N3O4S/c1-11(2)9-27-20(24)17-12(3)16-18(21-10-22-19(16)28-17)23-13-6-7-14(25-4)15(8-13)26-5/h6-8,10-11H,9H2,1-5H3,(H,21,22,23). The van der Waals surface area contributed by atoms with Gasteiger partial charge in [0, 0.05) is 11.8 Å². The average molecular weight is 401 g/mol. The molecule has 0 aliphatic rings. The minimum absolute atomic E-state index is 0.278. The second-order valence-corrected chi connectivity index (χ2v) is 7.64. The number of aryl methyl sites for hydroxylation is 1. The number of hydrogen-bond acceptors (Lipinski definition) is 8. The van der Waals surface area contributed by atoms with Crippen molar-refractivity contribution in [3.05, 3.63) is 35.0 Å². The molecule has 0 aliphatic heterocycles. The number of rotatable bonds is 7. The number of benzene rings is 1. The molecule has 0 unspecified atom stereocenters. The number of methoxy groups -OCH3 is 2. The second kappa shape index (κ2) is 8.43. The Labute approximate surface area is 167 Å². The van der Waals surface area contributed by atoms with E-state index in [2.05, 4.69) is 15.3 Å². The first-order valence-corrected chi connectivity index (χ1v) is 9.66. The van der Waals surface area contributed by atoms with Gasteiger partial charge in [0.1, 0.15) is 21.9 Å². The van der Waals surface area contributed by atoms with Crippen molar-refractivity contribution in [3.8, 4) is 11.5 Å². The Morgan fingerprint density at radius 2 is 1.93 bits per heavy atom. The molecule has 0 saturated carbocycles. The summed E-state index contributed by atoms with van der Waals surface area (Å²) in [5, 5.41) is 4.09. The maximum absolute atomic E-state index is 12.5. The first-order chi connectivity index (χ1) is 13.4. The van der Waals surface area contributed by atoms with Crippen molar-refractivity contribution >= 4 is 39.0 Å². The zero-order chi connectivity index (χ0) is 20.3. The van der Waals surface area contributed by atoms with E-state index in [4.69, 9.17) is 14.2 Å². The molecule has 0 aliphatic carbocycles. The van der Waals surface area contributed by atoms with Gasteiger partial charge >= 0.3 is 5.97 Å². The molecule has 3 aromatic rings. The number of thiophene rings is 1. The molecule has 0 saturated heterocycles. The molecule has 1 aromatic carbocycles. The zero-order valence-electron chi connectivity index (χ0n) is 16.5. The molecule has 0 fully saturated rings. The molecule has 8 heteroatoms. The van der Waals surface area contributed by atoms with Gasteiger partial charge in [-0.15, -0.1) is 11.3 Å². The fourth-order valence-corrected chi connectivity index (χ4v) is 3.76. The van der Waals surface area contributed by atoms with E-state index in [0.717, 1.165) is 21.5 Å². The quantitative estimate of drug-likeness (QED) is 0.581. The minimum atomic E-state index is -0.328. The van der Waals surface area contributed by atoms with Crippen LogP contribution in [0.2, 0.25) is 0 Å². The third-order valence-electron chi connectivity index (χ3n) is 4.11. The summed E-state index contributed by atoms with van der Waals surface area (Å²) in [7, 11) is 3.18. The first kappa shape index (κ1) is 19.9. The van der Waals surface area contributed by atoms with E-state index in [1.54, 1.807) is 14.2 Å². The van der Waals surface area contributed by atoms with Crippen molar-refractivity contribution in [1.29, 1.82) is 0 Å². The van der Waals surface area contributed by atoms with E-state index in [1.807, 2.05) is 39.0 Å². The van der Waals surface area contributed by atoms with Crippen LogP contribution in [-0.2, 0) is 4.74 Å². The number of nitrogens with one attached hydrogen (secondary N) is 1. The Kier molecular flexibility index (Phi) is 5.99. The van der Waals surface area contributed by atoms with E-state index in [0.29, 0.717) is 28.8 Å². The summed E-state index contributed by atoms with van der Waals surface area (Å²) >= 11 is 1.31. The minimum Gasteiger partial charge on any atom is -0.493 e. The van der Waals surface area contributed by atoms with E-state index >= 15 is 0 Å². The van der Waals surface area contributed by atoms with Crippen molar-refractivity contribution in [1.82, 2.24) is 9.97 Å². The summed E-state index contributed by atoms with van der Waals surface area (Å²) in [6.45, 7) is 6.27. The Morgan fingerprint density at radius 3 is 2.61 bits per heavy atom. The van der Waals surface area contributed by atoms with E-state index < -0.39 is 0 Å². The van der Waals surface area contributed by atoms with E-state index in [-0.39, 0.29) is 11.9 Å². The Bertz CT molecular complexity index is 1000. The lowest BCUT2D eigenvalue weighted by Gasteiger charge is -2.11.